The monoisotopic (exact) mass is 307 g/mol. The molecule has 0 heterocycles. The average molecular weight is 307 g/mol. The average Bonchev–Trinajstić information content (AvgIpc) is 2.44. The predicted octanol–water partition coefficient (Wildman–Crippen LogP) is 2.22. The summed E-state index contributed by atoms with van der Waals surface area (Å²) in [6.07, 6.45) is 3.09. The number of rotatable bonds is 7. The molecule has 0 unspecified atom stereocenters. The van der Waals surface area contributed by atoms with Crippen LogP contribution in [0.1, 0.15) is 43.5 Å². The van der Waals surface area contributed by atoms with E-state index in [2.05, 4.69) is 5.32 Å². The first-order valence-corrected chi connectivity index (χ1v) is 7.37. The van der Waals surface area contributed by atoms with Gasteiger partial charge >= 0.3 is 5.97 Å². The summed E-state index contributed by atoms with van der Waals surface area (Å²) in [5.41, 5.74) is 0.348. The molecule has 1 saturated carbocycles. The van der Waals surface area contributed by atoms with E-state index in [9.17, 15) is 9.59 Å². The minimum Gasteiger partial charge on any atom is -0.490 e. The summed E-state index contributed by atoms with van der Waals surface area (Å²) >= 11 is 0. The van der Waals surface area contributed by atoms with Gasteiger partial charge in [0.2, 0.25) is 0 Å². The second kappa shape index (κ2) is 6.68. The molecule has 0 bridgehead atoms. The van der Waals surface area contributed by atoms with Gasteiger partial charge in [-0.3, -0.25) is 4.79 Å². The highest BCUT2D eigenvalue weighted by atomic mass is 16.5. The van der Waals surface area contributed by atoms with Gasteiger partial charge in [-0.2, -0.15) is 0 Å². The van der Waals surface area contributed by atoms with Gasteiger partial charge < -0.3 is 19.9 Å². The standard InChI is InChI=1S/C16H21NO5/c1-3-21-13-9-11(5-6-12(13)22-10-14(18)19)15(20)17-16(2)7-4-8-16/h5-6,9H,3-4,7-8,10H2,1-2H3,(H,17,20)(H,18,19). The molecule has 6 heteroatoms. The largest absolute Gasteiger partial charge is 0.490 e. The van der Waals surface area contributed by atoms with E-state index in [1.807, 2.05) is 13.8 Å². The lowest BCUT2D eigenvalue weighted by Gasteiger charge is -2.39. The molecule has 0 aromatic heterocycles. The fourth-order valence-corrected chi connectivity index (χ4v) is 2.35. The van der Waals surface area contributed by atoms with Crippen molar-refractivity contribution in [1.82, 2.24) is 5.32 Å². The lowest BCUT2D eigenvalue weighted by Crippen LogP contribution is -2.50. The highest BCUT2D eigenvalue weighted by Gasteiger charge is 2.33. The zero-order valence-corrected chi connectivity index (χ0v) is 12.8. The van der Waals surface area contributed by atoms with Crippen molar-refractivity contribution in [2.45, 2.75) is 38.6 Å². The first-order valence-electron chi connectivity index (χ1n) is 7.37. The maximum Gasteiger partial charge on any atom is 0.341 e. The Balaban J connectivity index is 2.13. The number of nitrogens with one attached hydrogen (secondary N) is 1. The Morgan fingerprint density at radius 3 is 2.55 bits per heavy atom. The number of hydrogen-bond donors (Lipinski definition) is 2. The number of carbonyl (C=O) groups is 2. The van der Waals surface area contributed by atoms with Crippen molar-refractivity contribution in [2.24, 2.45) is 0 Å². The van der Waals surface area contributed by atoms with Crippen LogP contribution in [0.15, 0.2) is 18.2 Å². The number of ether oxygens (including phenoxy) is 2. The molecule has 0 saturated heterocycles. The van der Waals surface area contributed by atoms with Crippen LogP contribution in [0.4, 0.5) is 0 Å². The van der Waals surface area contributed by atoms with Crippen molar-refractivity contribution < 1.29 is 24.2 Å². The van der Waals surface area contributed by atoms with Gasteiger partial charge in [0, 0.05) is 11.1 Å². The molecule has 120 valence electrons. The van der Waals surface area contributed by atoms with Crippen molar-refractivity contribution in [1.29, 1.82) is 0 Å². The Labute approximate surface area is 129 Å². The van der Waals surface area contributed by atoms with Gasteiger partial charge in [-0.25, -0.2) is 4.79 Å². The molecule has 0 atom stereocenters. The smallest absolute Gasteiger partial charge is 0.341 e. The molecule has 1 aliphatic rings. The maximum atomic E-state index is 12.3. The van der Waals surface area contributed by atoms with E-state index in [0.29, 0.717) is 23.7 Å². The number of aliphatic carboxylic acids is 1. The maximum absolute atomic E-state index is 12.3. The number of benzene rings is 1. The minimum absolute atomic E-state index is 0.124. The van der Waals surface area contributed by atoms with E-state index in [1.165, 1.54) is 0 Å². The summed E-state index contributed by atoms with van der Waals surface area (Å²) in [5, 5.41) is 11.7. The Kier molecular flexibility index (Phi) is 4.90. The highest BCUT2D eigenvalue weighted by molar-refractivity contribution is 5.95. The van der Waals surface area contributed by atoms with Gasteiger partial charge in [0.05, 0.1) is 6.61 Å². The normalized spacial score (nSPS) is 15.5. The molecule has 1 fully saturated rings. The fraction of sp³-hybridized carbons (Fsp3) is 0.500. The number of carboxylic acids is 1. The van der Waals surface area contributed by atoms with Gasteiger partial charge in [-0.05, 0) is 51.3 Å². The minimum atomic E-state index is -1.07. The van der Waals surface area contributed by atoms with Crippen molar-refractivity contribution in [2.75, 3.05) is 13.2 Å². The summed E-state index contributed by atoms with van der Waals surface area (Å²) < 4.78 is 10.6. The highest BCUT2D eigenvalue weighted by Crippen LogP contribution is 2.32. The van der Waals surface area contributed by atoms with Crippen LogP contribution in [0.5, 0.6) is 11.5 Å². The molecule has 2 N–H and O–H groups in total. The molecule has 0 aliphatic heterocycles. The van der Waals surface area contributed by atoms with E-state index < -0.39 is 12.6 Å². The van der Waals surface area contributed by atoms with Crippen LogP contribution in [0.3, 0.4) is 0 Å². The number of carboxylic acid groups (broad SMARTS) is 1. The van der Waals surface area contributed by atoms with E-state index in [4.69, 9.17) is 14.6 Å². The van der Waals surface area contributed by atoms with Gasteiger partial charge in [-0.1, -0.05) is 0 Å². The third kappa shape index (κ3) is 3.90. The van der Waals surface area contributed by atoms with Crippen molar-refractivity contribution in [3.05, 3.63) is 23.8 Å². The summed E-state index contributed by atoms with van der Waals surface area (Å²) in [5.74, 6) is -0.541. The Morgan fingerprint density at radius 1 is 1.27 bits per heavy atom. The van der Waals surface area contributed by atoms with Gasteiger partial charge in [-0.15, -0.1) is 0 Å². The van der Waals surface area contributed by atoms with Gasteiger partial charge in [0.15, 0.2) is 18.1 Å². The quantitative estimate of drug-likeness (QED) is 0.807. The third-order valence-electron chi connectivity index (χ3n) is 3.73. The van der Waals surface area contributed by atoms with Crippen LogP contribution in [-0.4, -0.2) is 35.7 Å². The van der Waals surface area contributed by atoms with Gasteiger partial charge in [0.1, 0.15) is 0 Å². The van der Waals surface area contributed by atoms with E-state index >= 15 is 0 Å². The lowest BCUT2D eigenvalue weighted by molar-refractivity contribution is -0.139. The summed E-state index contributed by atoms with van der Waals surface area (Å²) in [6.45, 7) is 3.78. The second-order valence-electron chi connectivity index (χ2n) is 5.65. The molecule has 0 radical (unpaired) electrons. The summed E-state index contributed by atoms with van der Waals surface area (Å²) in [7, 11) is 0. The van der Waals surface area contributed by atoms with Crippen molar-refractivity contribution in [3.63, 3.8) is 0 Å². The molecule has 1 aromatic carbocycles. The fourth-order valence-electron chi connectivity index (χ4n) is 2.35. The predicted molar refractivity (Wildman–Crippen MR) is 80.5 cm³/mol. The molecule has 1 amide bonds. The molecule has 1 aromatic rings. The Morgan fingerprint density at radius 2 is 2.00 bits per heavy atom. The second-order valence-corrected chi connectivity index (χ2v) is 5.65. The molecular weight excluding hydrogens is 286 g/mol. The summed E-state index contributed by atoms with van der Waals surface area (Å²) in [6, 6.07) is 4.75. The van der Waals surface area contributed by atoms with Crippen LogP contribution in [0.25, 0.3) is 0 Å². The van der Waals surface area contributed by atoms with Crippen LogP contribution >= 0.6 is 0 Å². The van der Waals surface area contributed by atoms with Crippen LogP contribution in [0.2, 0.25) is 0 Å². The van der Waals surface area contributed by atoms with Crippen molar-refractivity contribution >= 4 is 11.9 Å². The van der Waals surface area contributed by atoms with E-state index in [0.717, 1.165) is 19.3 Å². The summed E-state index contributed by atoms with van der Waals surface area (Å²) in [4.78, 5) is 22.9. The molecular formula is C16H21NO5. The molecule has 1 aliphatic carbocycles. The van der Waals surface area contributed by atoms with Crippen LogP contribution < -0.4 is 14.8 Å². The molecule has 0 spiro atoms. The first-order chi connectivity index (χ1) is 10.4. The van der Waals surface area contributed by atoms with E-state index in [1.54, 1.807) is 18.2 Å². The van der Waals surface area contributed by atoms with Crippen LogP contribution in [0, 0.1) is 0 Å². The third-order valence-corrected chi connectivity index (χ3v) is 3.73. The molecule has 6 nitrogen and oxygen atoms in total. The lowest BCUT2D eigenvalue weighted by atomic mass is 9.78. The molecule has 22 heavy (non-hydrogen) atoms. The van der Waals surface area contributed by atoms with Gasteiger partial charge in [0.25, 0.3) is 5.91 Å². The number of hydrogen-bond acceptors (Lipinski definition) is 4. The van der Waals surface area contributed by atoms with E-state index in [-0.39, 0.29) is 11.4 Å². The van der Waals surface area contributed by atoms with Crippen LogP contribution in [-0.2, 0) is 4.79 Å². The number of carbonyl (C=O) groups excluding carboxylic acids is 1. The topological polar surface area (TPSA) is 84.9 Å². The zero-order chi connectivity index (χ0) is 16.2. The Hall–Kier alpha value is -2.24. The SMILES string of the molecule is CCOc1cc(C(=O)NC2(C)CCC2)ccc1OCC(=O)O. The zero-order valence-electron chi connectivity index (χ0n) is 12.8. The van der Waals surface area contributed by atoms with Crippen molar-refractivity contribution in [3.8, 4) is 11.5 Å². The number of amides is 1. The first kappa shape index (κ1) is 16.1. The molecule has 2 rings (SSSR count). The Bertz CT molecular complexity index is 566.